The van der Waals surface area contributed by atoms with Crippen LogP contribution in [0.15, 0.2) is 24.3 Å². The molecule has 0 spiro atoms. The molecule has 0 saturated heterocycles. The summed E-state index contributed by atoms with van der Waals surface area (Å²) in [7, 11) is 0. The van der Waals surface area contributed by atoms with Gasteiger partial charge in [0.1, 0.15) is 0 Å². The molecule has 0 amide bonds. The van der Waals surface area contributed by atoms with Gasteiger partial charge in [0.25, 0.3) is 0 Å². The Bertz CT molecular complexity index is 409. The second-order valence-electron chi connectivity index (χ2n) is 4.65. The summed E-state index contributed by atoms with van der Waals surface area (Å²) in [5.74, 6) is 0.389. The lowest BCUT2D eigenvalue weighted by Crippen LogP contribution is -2.29. The molecule has 0 atom stereocenters. The van der Waals surface area contributed by atoms with Crippen molar-refractivity contribution < 1.29 is 22.6 Å². The van der Waals surface area contributed by atoms with Crippen molar-refractivity contribution >= 4 is 12.6 Å². The topological polar surface area (TPSA) is 18.5 Å². The highest BCUT2D eigenvalue weighted by Gasteiger charge is 2.33. The molecule has 0 radical (unpaired) electrons. The Hall–Kier alpha value is -1.04. The summed E-state index contributed by atoms with van der Waals surface area (Å²) in [6, 6.07) is 5.79. The summed E-state index contributed by atoms with van der Waals surface area (Å²) >= 11 is 4.31. The van der Waals surface area contributed by atoms with Crippen LogP contribution in [0.3, 0.4) is 0 Å². The molecule has 0 unspecified atom stereocenters. The summed E-state index contributed by atoms with van der Waals surface area (Å²) in [5.41, 5.74) is -0.144. The third kappa shape index (κ3) is 4.81. The fraction of sp³-hybridized carbons (Fsp3) is 0.571. The van der Waals surface area contributed by atoms with Crippen LogP contribution in [-0.2, 0) is 0 Å². The molecule has 1 rings (SSSR count). The van der Waals surface area contributed by atoms with Crippen LogP contribution >= 0.6 is 12.6 Å². The van der Waals surface area contributed by atoms with Gasteiger partial charge in [-0.15, -0.1) is 13.2 Å². The van der Waals surface area contributed by atoms with Gasteiger partial charge in [-0.05, 0) is 30.7 Å². The Labute approximate surface area is 122 Å². The van der Waals surface area contributed by atoms with E-state index in [0.717, 1.165) is 12.8 Å². The molecule has 1 aromatic rings. The van der Waals surface area contributed by atoms with Crippen LogP contribution in [0.4, 0.5) is 13.2 Å². The highest BCUT2D eigenvalue weighted by Crippen LogP contribution is 2.34. The van der Waals surface area contributed by atoms with Crippen molar-refractivity contribution in [3.05, 3.63) is 24.3 Å². The Morgan fingerprint density at radius 1 is 1.05 bits per heavy atom. The van der Waals surface area contributed by atoms with E-state index in [1.165, 1.54) is 18.2 Å². The molecule has 0 heterocycles. The van der Waals surface area contributed by atoms with Crippen LogP contribution in [0.1, 0.15) is 26.7 Å². The van der Waals surface area contributed by atoms with Gasteiger partial charge < -0.3 is 9.47 Å². The predicted octanol–water partition coefficient (Wildman–Crippen LogP) is 4.70. The van der Waals surface area contributed by atoms with Gasteiger partial charge in [0.2, 0.25) is 0 Å². The lowest BCUT2D eigenvalue weighted by Gasteiger charge is -2.30. The maximum absolute atomic E-state index is 12.3. The van der Waals surface area contributed by atoms with Crippen LogP contribution < -0.4 is 9.47 Å². The first-order chi connectivity index (χ1) is 9.36. The van der Waals surface area contributed by atoms with Crippen molar-refractivity contribution in [2.45, 2.75) is 33.1 Å². The SMILES string of the molecule is CCC(CC)(CS)COc1ccccc1OC(F)(F)F. The highest BCUT2D eigenvalue weighted by molar-refractivity contribution is 7.80. The molecule has 0 fully saturated rings. The van der Waals surface area contributed by atoms with Gasteiger partial charge in [0.15, 0.2) is 11.5 Å². The van der Waals surface area contributed by atoms with Gasteiger partial charge >= 0.3 is 6.36 Å². The third-order valence-electron chi connectivity index (χ3n) is 3.44. The third-order valence-corrected chi connectivity index (χ3v) is 4.11. The molecule has 0 aliphatic heterocycles. The van der Waals surface area contributed by atoms with Gasteiger partial charge in [-0.1, -0.05) is 26.0 Å². The Morgan fingerprint density at radius 3 is 2.05 bits per heavy atom. The van der Waals surface area contributed by atoms with E-state index in [2.05, 4.69) is 17.4 Å². The fourth-order valence-electron chi connectivity index (χ4n) is 1.73. The number of ether oxygens (including phenoxy) is 2. The average molecular weight is 308 g/mol. The van der Waals surface area contributed by atoms with E-state index in [4.69, 9.17) is 4.74 Å². The Morgan fingerprint density at radius 2 is 1.60 bits per heavy atom. The monoisotopic (exact) mass is 308 g/mol. The Kier molecular flexibility index (Phi) is 6.05. The molecule has 2 nitrogen and oxygen atoms in total. The summed E-state index contributed by atoms with van der Waals surface area (Å²) in [4.78, 5) is 0. The lowest BCUT2D eigenvalue weighted by molar-refractivity contribution is -0.275. The number of rotatable bonds is 7. The van der Waals surface area contributed by atoms with E-state index in [9.17, 15) is 13.2 Å². The van der Waals surface area contributed by atoms with Crippen molar-refractivity contribution in [1.29, 1.82) is 0 Å². The van der Waals surface area contributed by atoms with E-state index < -0.39 is 6.36 Å². The molecule has 0 aliphatic carbocycles. The average Bonchev–Trinajstić information content (AvgIpc) is 2.41. The minimum absolute atomic E-state index is 0.0953. The maximum atomic E-state index is 12.3. The summed E-state index contributed by atoms with van der Waals surface area (Å²) in [6.45, 7) is 4.34. The number of hydrogen-bond donors (Lipinski definition) is 1. The van der Waals surface area contributed by atoms with E-state index in [-0.39, 0.29) is 16.9 Å². The molecule has 20 heavy (non-hydrogen) atoms. The molecule has 6 heteroatoms. The number of halogens is 3. The van der Waals surface area contributed by atoms with Gasteiger partial charge in [0, 0.05) is 5.41 Å². The first-order valence-electron chi connectivity index (χ1n) is 6.44. The van der Waals surface area contributed by atoms with Crippen LogP contribution in [0, 0.1) is 5.41 Å². The van der Waals surface area contributed by atoms with Gasteiger partial charge in [-0.25, -0.2) is 0 Å². The van der Waals surface area contributed by atoms with E-state index in [1.54, 1.807) is 6.07 Å². The number of hydrogen-bond acceptors (Lipinski definition) is 3. The largest absolute Gasteiger partial charge is 0.573 e. The van der Waals surface area contributed by atoms with Crippen LogP contribution in [0.5, 0.6) is 11.5 Å². The normalized spacial score (nSPS) is 12.3. The van der Waals surface area contributed by atoms with E-state index >= 15 is 0 Å². The zero-order chi connectivity index (χ0) is 15.2. The Balaban J connectivity index is 2.82. The standard InChI is InChI=1S/C14H19F3O2S/c1-3-13(4-2,10-20)9-18-11-7-5-6-8-12(11)19-14(15,16)17/h5-8,20H,3-4,9-10H2,1-2H3. The van der Waals surface area contributed by atoms with Gasteiger partial charge in [-0.3, -0.25) is 0 Å². The number of benzene rings is 1. The lowest BCUT2D eigenvalue weighted by atomic mass is 9.85. The van der Waals surface area contributed by atoms with Gasteiger partial charge in [0.05, 0.1) is 6.61 Å². The van der Waals surface area contributed by atoms with Crippen LogP contribution in [-0.4, -0.2) is 18.7 Å². The summed E-state index contributed by atoms with van der Waals surface area (Å²) in [5, 5.41) is 0. The van der Waals surface area contributed by atoms with Crippen molar-refractivity contribution in [3.8, 4) is 11.5 Å². The molecule has 1 aromatic carbocycles. The molecule has 114 valence electrons. The number of para-hydroxylation sites is 2. The molecule has 0 aliphatic rings. The van der Waals surface area contributed by atoms with Crippen LogP contribution in [0.2, 0.25) is 0 Å². The van der Waals surface area contributed by atoms with Crippen molar-refractivity contribution in [1.82, 2.24) is 0 Å². The predicted molar refractivity (Wildman–Crippen MR) is 75.5 cm³/mol. The van der Waals surface area contributed by atoms with Gasteiger partial charge in [-0.2, -0.15) is 12.6 Å². The molecular formula is C14H19F3O2S. The number of alkyl halides is 3. The smallest absolute Gasteiger partial charge is 0.489 e. The minimum Gasteiger partial charge on any atom is -0.489 e. The maximum Gasteiger partial charge on any atom is 0.573 e. The fourth-order valence-corrected chi connectivity index (χ4v) is 2.27. The first-order valence-corrected chi connectivity index (χ1v) is 7.07. The van der Waals surface area contributed by atoms with E-state index in [1.807, 2.05) is 13.8 Å². The molecule has 0 bridgehead atoms. The minimum atomic E-state index is -4.73. The highest BCUT2D eigenvalue weighted by atomic mass is 32.1. The second-order valence-corrected chi connectivity index (χ2v) is 4.96. The molecule has 0 aromatic heterocycles. The second kappa shape index (κ2) is 7.11. The quantitative estimate of drug-likeness (QED) is 0.736. The van der Waals surface area contributed by atoms with Crippen LogP contribution in [0.25, 0.3) is 0 Å². The van der Waals surface area contributed by atoms with Crippen molar-refractivity contribution in [2.75, 3.05) is 12.4 Å². The first kappa shape index (κ1) is 17.0. The molecule has 0 N–H and O–H groups in total. The number of thiol groups is 1. The molecule has 0 saturated carbocycles. The zero-order valence-corrected chi connectivity index (χ0v) is 12.4. The van der Waals surface area contributed by atoms with Crippen molar-refractivity contribution in [3.63, 3.8) is 0 Å². The summed E-state index contributed by atoms with van der Waals surface area (Å²) in [6.07, 6.45) is -3.04. The zero-order valence-electron chi connectivity index (χ0n) is 11.5. The molecular weight excluding hydrogens is 289 g/mol. The van der Waals surface area contributed by atoms with Crippen molar-refractivity contribution in [2.24, 2.45) is 5.41 Å². The summed E-state index contributed by atoms with van der Waals surface area (Å²) < 4.78 is 46.4. The van der Waals surface area contributed by atoms with E-state index in [0.29, 0.717) is 12.4 Å².